The molecule has 0 aromatic heterocycles. The van der Waals surface area contributed by atoms with Gasteiger partial charge in [0.2, 0.25) is 6.54 Å². The minimum Gasteiger partial charge on any atom is -0.553 e. The minimum absolute atomic E-state index is 0. The van der Waals surface area contributed by atoms with Crippen molar-refractivity contribution in [1.29, 1.82) is 5.26 Å². The van der Waals surface area contributed by atoms with E-state index in [0.29, 0.717) is 65.4 Å². The van der Waals surface area contributed by atoms with E-state index in [0.717, 1.165) is 0 Å². The molecule has 6 atom stereocenters. The van der Waals surface area contributed by atoms with Gasteiger partial charge in [0.15, 0.2) is 0 Å². The molecule has 0 aromatic carbocycles. The molecule has 342 valence electrons. The summed E-state index contributed by atoms with van der Waals surface area (Å²) in [4.78, 5) is 3.08. The van der Waals surface area contributed by atoms with Crippen molar-refractivity contribution in [3.8, 4) is 6.07 Å². The van der Waals surface area contributed by atoms with E-state index in [1.807, 2.05) is 6.07 Å². The Kier molecular flexibility index (Phi) is 70.0. The van der Waals surface area contributed by atoms with Gasteiger partial charge in [0.1, 0.15) is 6.61 Å². The number of nitrogens with zero attached hydrogens (tertiary/aromatic N) is 2. The third-order valence-electron chi connectivity index (χ3n) is 5.58. The van der Waals surface area contributed by atoms with E-state index in [4.69, 9.17) is 50.5 Å². The van der Waals surface area contributed by atoms with Gasteiger partial charge in [-0.3, -0.25) is 0 Å². The Bertz CT molecular complexity index is 732. The maximum atomic E-state index is 9.21. The number of rotatable bonds is 36. The normalized spacial score (nSPS) is 13.2. The van der Waals surface area contributed by atoms with E-state index >= 15 is 0 Å². The quantitative estimate of drug-likeness (QED) is 0.0347. The van der Waals surface area contributed by atoms with E-state index < -0.39 is 36.6 Å². The van der Waals surface area contributed by atoms with Gasteiger partial charge in [-0.05, 0) is 12.8 Å². The van der Waals surface area contributed by atoms with Gasteiger partial charge in [-0.25, -0.2) is 49.2 Å². The molecule has 6 N–H and O–H groups in total. The molecule has 0 fully saturated rings. The van der Waals surface area contributed by atoms with Crippen LogP contribution in [0.4, 0.5) is 0 Å². The van der Waals surface area contributed by atoms with Crippen LogP contribution in [-0.4, -0.2) is 193 Å². The predicted molar refractivity (Wildman–Crippen MR) is 200 cm³/mol. The molecule has 0 aliphatic rings. The van der Waals surface area contributed by atoms with Crippen LogP contribution < -0.4 is 0 Å². The van der Waals surface area contributed by atoms with Crippen molar-refractivity contribution in [1.82, 2.24) is 0 Å². The summed E-state index contributed by atoms with van der Waals surface area (Å²) in [6, 6.07) is 1.92. The summed E-state index contributed by atoms with van der Waals surface area (Å²) < 4.78 is 57.3. The monoisotopic (exact) mass is 1620 g/mol. The molecule has 0 heterocycles. The van der Waals surface area contributed by atoms with Gasteiger partial charge < -0.3 is 92.3 Å². The average molecular weight is 1620 g/mol. The summed E-state index contributed by atoms with van der Waals surface area (Å²) in [5, 5.41) is 62.9. The third kappa shape index (κ3) is 68.3. The Morgan fingerprint density at radius 3 is 0.831 bits per heavy atom. The van der Waals surface area contributed by atoms with Crippen LogP contribution in [0.5, 0.6) is 0 Å². The maximum absolute atomic E-state index is 9.21. The van der Waals surface area contributed by atoms with Crippen molar-refractivity contribution in [2.24, 2.45) is 0 Å². The summed E-state index contributed by atoms with van der Waals surface area (Å²) in [5.74, 6) is 0. The first-order valence-electron chi connectivity index (χ1n) is 17.5. The Hall–Kier alpha value is -4.74. The Labute approximate surface area is 334 Å². The largest absolute Gasteiger partial charge is 0.553 e. The molecule has 0 saturated heterocycles. The fraction of sp³-hybridized carbons (Fsp3) is 0.778. The van der Waals surface area contributed by atoms with Crippen LogP contribution in [0, 0.1) is 60.6 Å². The zero-order valence-corrected chi connectivity index (χ0v) is 54.1. The first-order valence-corrected chi connectivity index (χ1v) is 17.5. The minimum atomic E-state index is -0.649. The number of aliphatic hydroxyl groups excluding tert-OH is 6. The number of hydrogen-bond acceptors (Lipinski definition) is 19. The summed E-state index contributed by atoms with van der Waals surface area (Å²) in [6.07, 6.45) is -2.16. The van der Waals surface area contributed by atoms with Crippen LogP contribution >= 0.6 is 0 Å². The molecule has 6 unspecified atom stereocenters. The molecular formula is C36H68N2O18Rf3-6. The van der Waals surface area contributed by atoms with E-state index in [2.05, 4.69) is 75.9 Å². The van der Waals surface area contributed by atoms with Gasteiger partial charge in [-0.1, -0.05) is 0 Å². The zero-order chi connectivity index (χ0) is 42.9. The fourth-order valence-corrected chi connectivity index (χ4v) is 3.18. The summed E-state index contributed by atoms with van der Waals surface area (Å²) >= 11 is 0. The van der Waals surface area contributed by atoms with Crippen molar-refractivity contribution in [3.05, 3.63) is 54.1 Å². The van der Waals surface area contributed by atoms with Gasteiger partial charge in [-0.15, -0.1) is 0 Å². The Balaban J connectivity index is -0.000000123. The SMILES string of the molecule is [C-]#[N+]CCOCC(O)CO[CH2-].[CH2-]OCC(O)COCCC#N.[CH2-]OCC(O)COCCCOCC(O)CO[CH2-].[CH2-]OCC(O)COCCCOCC(O)CO[CH2-].[Rf].[Rf].[Rf]. The first kappa shape index (κ1) is 68.9. The second-order valence-electron chi connectivity index (χ2n) is 11.1. The maximum Gasteiger partial charge on any atom is 0.237 e. The van der Waals surface area contributed by atoms with Crippen LogP contribution in [0.2, 0.25) is 0 Å². The molecule has 0 rings (SSSR count). The fourth-order valence-electron chi connectivity index (χ4n) is 3.18. The van der Waals surface area contributed by atoms with E-state index in [-0.39, 0.29) is 79.3 Å². The molecule has 59 heavy (non-hydrogen) atoms. The molecule has 0 spiro atoms. The molecule has 0 radical (unpaired) electrons. The van der Waals surface area contributed by atoms with Crippen LogP contribution in [0.1, 0.15) is 19.3 Å². The van der Waals surface area contributed by atoms with Gasteiger partial charge >= 0.3 is 0 Å². The van der Waals surface area contributed by atoms with Gasteiger partial charge in [-0.2, -0.15) is 5.26 Å². The summed E-state index contributed by atoms with van der Waals surface area (Å²) in [5.41, 5.74) is 0. The number of hydrogen-bond donors (Lipinski definition) is 6. The molecule has 0 bridgehead atoms. The second-order valence-corrected chi connectivity index (χ2v) is 11.1. The Morgan fingerprint density at radius 1 is 0.407 bits per heavy atom. The number of aliphatic hydroxyl groups is 6. The molecule has 0 saturated carbocycles. The summed E-state index contributed by atoms with van der Waals surface area (Å²) in [6.45, 7) is 11.6. The summed E-state index contributed by atoms with van der Waals surface area (Å²) in [7, 11) is 18.8. The van der Waals surface area contributed by atoms with Gasteiger partial charge in [0.25, 0.3) is 0 Å². The third-order valence-corrected chi connectivity index (χ3v) is 5.58. The van der Waals surface area contributed by atoms with Crippen molar-refractivity contribution in [2.75, 3.05) is 125 Å². The first-order chi connectivity index (χ1) is 27.0. The second kappa shape index (κ2) is 59.9. The predicted octanol–water partition coefficient (Wildman–Crippen LogP) is -0.327. The number of ether oxygens (including phenoxy) is 12. The van der Waals surface area contributed by atoms with Crippen molar-refractivity contribution >= 4 is 0 Å². The van der Waals surface area contributed by atoms with Crippen LogP contribution in [0.25, 0.3) is 4.85 Å². The molecular weight excluding hydrogens is 1550 g/mol. The molecule has 20 nitrogen and oxygen atoms in total. The van der Waals surface area contributed by atoms with Crippen LogP contribution in [-0.2, 0) is 56.8 Å². The number of nitriles is 1. The van der Waals surface area contributed by atoms with E-state index in [9.17, 15) is 20.4 Å². The molecule has 0 aliphatic carbocycles. The smallest absolute Gasteiger partial charge is 0.237 e. The molecule has 0 aliphatic heterocycles. The van der Waals surface area contributed by atoms with Gasteiger partial charge in [0, 0.05) is 66.1 Å². The van der Waals surface area contributed by atoms with Crippen molar-refractivity contribution < 1.29 is 87.5 Å². The topological polar surface area (TPSA) is 260 Å². The molecule has 0 amide bonds. The van der Waals surface area contributed by atoms with Gasteiger partial charge in [0.05, 0.1) is 95.4 Å². The Morgan fingerprint density at radius 2 is 0.627 bits per heavy atom. The standard InChI is InChI=1S/2C11H22O6.2C7H12NO3.3Rf/c2*1-14-6-10(12)8-16-4-3-5-17-9-11(13)7-15-2;1-8-3-4-11-6-7(9)5-10-2;1-10-5-7(9)6-11-4-2-3-8;;;/h2*10-13H,1-9H2;7,9H,2-6H2;7,9H,1-2,4-6H2;;;/q2*-2;2*-1;;;. The molecule has 0 aromatic rings. The molecule has 23 heteroatoms. The van der Waals surface area contributed by atoms with Crippen molar-refractivity contribution in [3.63, 3.8) is 0 Å². The average Bonchev–Trinajstić information content (AvgIpc) is 3.16. The van der Waals surface area contributed by atoms with E-state index in [1.165, 1.54) is 0 Å². The van der Waals surface area contributed by atoms with Crippen LogP contribution in [0.15, 0.2) is 0 Å². The van der Waals surface area contributed by atoms with Crippen LogP contribution in [0.3, 0.4) is 0 Å². The van der Waals surface area contributed by atoms with E-state index in [1.54, 1.807) is 0 Å². The zero-order valence-electron chi connectivity index (χ0n) is 34.9. The van der Waals surface area contributed by atoms with Crippen molar-refractivity contribution in [2.45, 2.75) is 55.9 Å².